The van der Waals surface area contributed by atoms with Crippen LogP contribution in [-0.2, 0) is 4.79 Å². The number of aliphatic carboxylic acids is 1. The lowest BCUT2D eigenvalue weighted by atomic mass is 10.3. The number of carboxylic acids is 1. The molecular weight excluding hydrogens is 288 g/mol. The van der Waals surface area contributed by atoms with Gasteiger partial charge in [0.25, 0.3) is 0 Å². The van der Waals surface area contributed by atoms with Crippen LogP contribution in [0.25, 0.3) is 5.69 Å². The molecule has 0 unspecified atom stereocenters. The van der Waals surface area contributed by atoms with Crippen molar-refractivity contribution in [3.63, 3.8) is 0 Å². The standard InChI is InChI=1S/C12H11ClN2O3S/c1-18-10-3-2-8(13)6-9(10)15-5-4-14-12(15)19-7-11(16)17/h2-6H,7H2,1H3,(H,16,17). The first-order valence-corrected chi connectivity index (χ1v) is 6.70. The van der Waals surface area contributed by atoms with Gasteiger partial charge in [0.15, 0.2) is 5.16 Å². The molecule has 1 aromatic carbocycles. The fourth-order valence-electron chi connectivity index (χ4n) is 1.56. The largest absolute Gasteiger partial charge is 0.495 e. The lowest BCUT2D eigenvalue weighted by molar-refractivity contribution is -0.133. The van der Waals surface area contributed by atoms with Gasteiger partial charge in [-0.05, 0) is 18.2 Å². The molecule has 0 spiro atoms. The predicted molar refractivity (Wildman–Crippen MR) is 73.5 cm³/mol. The Morgan fingerprint density at radius 1 is 1.58 bits per heavy atom. The lowest BCUT2D eigenvalue weighted by Crippen LogP contribution is -2.02. The Morgan fingerprint density at radius 2 is 2.37 bits per heavy atom. The number of ether oxygens (including phenoxy) is 1. The summed E-state index contributed by atoms with van der Waals surface area (Å²) in [6.07, 6.45) is 3.34. The van der Waals surface area contributed by atoms with Crippen molar-refractivity contribution in [1.82, 2.24) is 9.55 Å². The van der Waals surface area contributed by atoms with Crippen LogP contribution in [0, 0.1) is 0 Å². The van der Waals surface area contributed by atoms with Gasteiger partial charge in [-0.1, -0.05) is 23.4 Å². The zero-order valence-corrected chi connectivity index (χ0v) is 11.6. The number of halogens is 1. The van der Waals surface area contributed by atoms with Crippen molar-refractivity contribution >= 4 is 29.3 Å². The molecule has 0 aliphatic rings. The Kier molecular flexibility index (Phi) is 4.34. The quantitative estimate of drug-likeness (QED) is 0.860. The van der Waals surface area contributed by atoms with Gasteiger partial charge in [0.1, 0.15) is 5.75 Å². The number of carbonyl (C=O) groups is 1. The zero-order chi connectivity index (χ0) is 13.8. The number of imidazole rings is 1. The minimum Gasteiger partial charge on any atom is -0.495 e. The van der Waals surface area contributed by atoms with E-state index in [1.54, 1.807) is 42.3 Å². The molecule has 0 bridgehead atoms. The molecule has 2 rings (SSSR count). The van der Waals surface area contributed by atoms with Gasteiger partial charge in [-0.25, -0.2) is 4.98 Å². The first-order chi connectivity index (χ1) is 9.11. The summed E-state index contributed by atoms with van der Waals surface area (Å²) < 4.78 is 7.02. The van der Waals surface area contributed by atoms with Crippen LogP contribution in [0.15, 0.2) is 35.7 Å². The second kappa shape index (κ2) is 5.99. The van der Waals surface area contributed by atoms with E-state index in [4.69, 9.17) is 21.4 Å². The summed E-state index contributed by atoms with van der Waals surface area (Å²) in [4.78, 5) is 14.7. The summed E-state index contributed by atoms with van der Waals surface area (Å²) in [6.45, 7) is 0. The monoisotopic (exact) mass is 298 g/mol. The van der Waals surface area contributed by atoms with E-state index < -0.39 is 5.97 Å². The molecule has 1 heterocycles. The fourth-order valence-corrected chi connectivity index (χ4v) is 2.41. The third kappa shape index (κ3) is 3.21. The van der Waals surface area contributed by atoms with Crippen LogP contribution in [0.2, 0.25) is 5.02 Å². The second-order valence-corrected chi connectivity index (χ2v) is 4.96. The average molecular weight is 299 g/mol. The maximum Gasteiger partial charge on any atom is 0.313 e. The molecule has 5 nitrogen and oxygen atoms in total. The first kappa shape index (κ1) is 13.8. The van der Waals surface area contributed by atoms with Crippen LogP contribution in [0.1, 0.15) is 0 Å². The van der Waals surface area contributed by atoms with Crippen molar-refractivity contribution in [3.05, 3.63) is 35.6 Å². The fraction of sp³-hybridized carbons (Fsp3) is 0.167. The molecule has 0 aliphatic heterocycles. The summed E-state index contributed by atoms with van der Waals surface area (Å²) in [5.74, 6) is -0.308. The molecule has 0 saturated heterocycles. The van der Waals surface area contributed by atoms with Crippen molar-refractivity contribution in [2.24, 2.45) is 0 Å². The maximum atomic E-state index is 10.6. The smallest absolute Gasteiger partial charge is 0.313 e. The number of hydrogen-bond donors (Lipinski definition) is 1. The minimum atomic E-state index is -0.891. The van der Waals surface area contributed by atoms with Gasteiger partial charge in [0.2, 0.25) is 0 Å². The van der Waals surface area contributed by atoms with Crippen LogP contribution < -0.4 is 4.74 Å². The average Bonchev–Trinajstić information content (AvgIpc) is 2.84. The molecule has 0 fully saturated rings. The predicted octanol–water partition coefficient (Wildman–Crippen LogP) is 2.71. The summed E-state index contributed by atoms with van der Waals surface area (Å²) in [5, 5.41) is 9.86. The van der Waals surface area contributed by atoms with Gasteiger partial charge >= 0.3 is 5.97 Å². The summed E-state index contributed by atoms with van der Waals surface area (Å²) in [6, 6.07) is 5.22. The molecule has 1 N–H and O–H groups in total. The molecule has 19 heavy (non-hydrogen) atoms. The van der Waals surface area contributed by atoms with Gasteiger partial charge in [0.05, 0.1) is 18.6 Å². The number of rotatable bonds is 5. The highest BCUT2D eigenvalue weighted by Crippen LogP contribution is 2.29. The maximum absolute atomic E-state index is 10.6. The number of methoxy groups -OCH3 is 1. The van der Waals surface area contributed by atoms with E-state index in [0.29, 0.717) is 15.9 Å². The van der Waals surface area contributed by atoms with Crippen molar-refractivity contribution in [3.8, 4) is 11.4 Å². The molecular formula is C12H11ClN2O3S. The molecule has 100 valence electrons. The van der Waals surface area contributed by atoms with E-state index in [9.17, 15) is 4.79 Å². The number of nitrogens with zero attached hydrogens (tertiary/aromatic N) is 2. The van der Waals surface area contributed by atoms with E-state index in [1.807, 2.05) is 0 Å². The van der Waals surface area contributed by atoms with E-state index in [2.05, 4.69) is 4.98 Å². The molecule has 0 radical (unpaired) electrons. The van der Waals surface area contributed by atoms with Crippen molar-refractivity contribution in [2.75, 3.05) is 12.9 Å². The molecule has 0 aliphatic carbocycles. The molecule has 0 amide bonds. The molecule has 0 atom stereocenters. The summed E-state index contributed by atoms with van der Waals surface area (Å²) in [5.41, 5.74) is 0.723. The highest BCUT2D eigenvalue weighted by molar-refractivity contribution is 7.99. The Balaban J connectivity index is 2.39. The summed E-state index contributed by atoms with van der Waals surface area (Å²) in [7, 11) is 1.56. The van der Waals surface area contributed by atoms with Gasteiger partial charge in [-0.2, -0.15) is 0 Å². The number of aromatic nitrogens is 2. The number of hydrogen-bond acceptors (Lipinski definition) is 4. The van der Waals surface area contributed by atoms with Crippen molar-refractivity contribution in [2.45, 2.75) is 5.16 Å². The zero-order valence-electron chi connectivity index (χ0n) is 10.0. The van der Waals surface area contributed by atoms with Gasteiger partial charge in [-0.3, -0.25) is 9.36 Å². The van der Waals surface area contributed by atoms with Gasteiger partial charge in [0, 0.05) is 17.4 Å². The van der Waals surface area contributed by atoms with E-state index in [1.165, 1.54) is 0 Å². The number of benzene rings is 1. The molecule has 0 saturated carbocycles. The van der Waals surface area contributed by atoms with Crippen molar-refractivity contribution < 1.29 is 14.6 Å². The highest BCUT2D eigenvalue weighted by Gasteiger charge is 2.12. The molecule has 2 aromatic rings. The normalized spacial score (nSPS) is 10.4. The Morgan fingerprint density at radius 3 is 3.05 bits per heavy atom. The topological polar surface area (TPSA) is 64.4 Å². The van der Waals surface area contributed by atoms with Crippen LogP contribution in [-0.4, -0.2) is 33.5 Å². The Bertz CT molecular complexity index is 600. The first-order valence-electron chi connectivity index (χ1n) is 5.33. The highest BCUT2D eigenvalue weighted by atomic mass is 35.5. The number of thioether (sulfide) groups is 1. The lowest BCUT2D eigenvalue weighted by Gasteiger charge is -2.11. The van der Waals surface area contributed by atoms with Gasteiger partial charge < -0.3 is 9.84 Å². The van der Waals surface area contributed by atoms with Crippen molar-refractivity contribution in [1.29, 1.82) is 0 Å². The second-order valence-electron chi connectivity index (χ2n) is 3.58. The molecule has 1 aromatic heterocycles. The minimum absolute atomic E-state index is 0.0557. The van der Waals surface area contributed by atoms with Crippen LogP contribution in [0.4, 0.5) is 0 Å². The van der Waals surface area contributed by atoms with Gasteiger partial charge in [-0.15, -0.1) is 0 Å². The van der Waals surface area contributed by atoms with Crippen LogP contribution >= 0.6 is 23.4 Å². The Hall–Kier alpha value is -1.66. The van der Waals surface area contributed by atoms with E-state index in [-0.39, 0.29) is 5.75 Å². The third-order valence-electron chi connectivity index (χ3n) is 2.33. The third-order valence-corrected chi connectivity index (χ3v) is 3.52. The van der Waals surface area contributed by atoms with E-state index >= 15 is 0 Å². The van der Waals surface area contributed by atoms with E-state index in [0.717, 1.165) is 17.4 Å². The summed E-state index contributed by atoms with van der Waals surface area (Å²) >= 11 is 7.12. The SMILES string of the molecule is COc1ccc(Cl)cc1-n1ccnc1SCC(=O)O. The number of carboxylic acid groups (broad SMARTS) is 1. The van der Waals surface area contributed by atoms with Crippen LogP contribution in [0.5, 0.6) is 5.75 Å². The molecule has 7 heteroatoms. The van der Waals surface area contributed by atoms with Crippen LogP contribution in [0.3, 0.4) is 0 Å². The Labute approximate surface area is 119 Å².